The van der Waals surface area contributed by atoms with Crippen molar-refractivity contribution in [3.8, 4) is 0 Å². The fourth-order valence-corrected chi connectivity index (χ4v) is 4.76. The highest BCUT2D eigenvalue weighted by Crippen LogP contribution is 2.46. The van der Waals surface area contributed by atoms with E-state index < -0.39 is 0 Å². The maximum atomic E-state index is 2.46. The molecule has 0 spiro atoms. The Labute approximate surface area is 141 Å². The van der Waals surface area contributed by atoms with Gasteiger partial charge in [0, 0.05) is 11.8 Å². The topological polar surface area (TPSA) is 0 Å². The molecule has 0 nitrogen and oxygen atoms in total. The van der Waals surface area contributed by atoms with E-state index in [2.05, 4.69) is 72.8 Å². The number of benzene rings is 4. The van der Waals surface area contributed by atoms with E-state index in [1.807, 2.05) is 0 Å². The lowest BCUT2D eigenvalue weighted by atomic mass is 9.71. The third-order valence-electron chi connectivity index (χ3n) is 6.03. The molecule has 0 aliphatic heterocycles. The maximum Gasteiger partial charge on any atom is 0.00216 e. The van der Waals surface area contributed by atoms with Gasteiger partial charge in [-0.3, -0.25) is 0 Å². The number of hydrogen-bond acceptors (Lipinski definition) is 0. The van der Waals surface area contributed by atoms with Gasteiger partial charge in [0.15, 0.2) is 0 Å². The molecule has 0 heteroatoms. The van der Waals surface area contributed by atoms with Gasteiger partial charge < -0.3 is 0 Å². The van der Waals surface area contributed by atoms with Crippen molar-refractivity contribution >= 4 is 32.3 Å². The molecule has 4 aromatic rings. The normalized spacial score (nSPS) is 21.7. The van der Waals surface area contributed by atoms with Gasteiger partial charge in [-0.05, 0) is 80.6 Å². The molecule has 114 valence electrons. The quantitative estimate of drug-likeness (QED) is 0.251. The van der Waals surface area contributed by atoms with Crippen LogP contribution < -0.4 is 0 Å². The average molecular weight is 306 g/mol. The lowest BCUT2D eigenvalue weighted by Crippen LogP contribution is -2.16. The van der Waals surface area contributed by atoms with Gasteiger partial charge in [-0.1, -0.05) is 48.6 Å². The monoisotopic (exact) mass is 306 g/mol. The van der Waals surface area contributed by atoms with Gasteiger partial charge in [0.2, 0.25) is 0 Å². The van der Waals surface area contributed by atoms with Crippen LogP contribution in [0.5, 0.6) is 0 Å². The zero-order valence-corrected chi connectivity index (χ0v) is 13.5. The summed E-state index contributed by atoms with van der Waals surface area (Å²) >= 11 is 0. The van der Waals surface area contributed by atoms with Crippen molar-refractivity contribution in [1.29, 1.82) is 0 Å². The minimum Gasteiger partial charge on any atom is -0.0804 e. The molecule has 2 atom stereocenters. The Bertz CT molecular complexity index is 1070. The zero-order valence-electron chi connectivity index (χ0n) is 13.5. The summed E-state index contributed by atoms with van der Waals surface area (Å²) in [5, 5.41) is 8.11. The first-order valence-electron chi connectivity index (χ1n) is 8.94. The summed E-state index contributed by atoms with van der Waals surface area (Å²) in [4.78, 5) is 0. The minimum absolute atomic E-state index is 0.640. The standard InChI is InChI=1S/C24H18/c1-2-4-18-10-20-12-22-14-24-16-7-5-15(6-8-16)23(24)13-21(22)11-19(20)9-17(18)3-1/h1-5,7,9-16H,6,8H2. The first kappa shape index (κ1) is 12.8. The third-order valence-corrected chi connectivity index (χ3v) is 6.03. The largest absolute Gasteiger partial charge is 0.0804 e. The average Bonchev–Trinajstić information content (AvgIpc) is 2.64. The lowest BCUT2D eigenvalue weighted by Gasteiger charge is -2.33. The molecule has 24 heavy (non-hydrogen) atoms. The molecule has 0 radical (unpaired) electrons. The van der Waals surface area contributed by atoms with Crippen LogP contribution in [0.1, 0.15) is 35.8 Å². The summed E-state index contributed by atoms with van der Waals surface area (Å²) in [5.74, 6) is 1.28. The summed E-state index contributed by atoms with van der Waals surface area (Å²) in [6.45, 7) is 0. The van der Waals surface area contributed by atoms with Gasteiger partial charge >= 0.3 is 0 Å². The van der Waals surface area contributed by atoms with Crippen LogP contribution in [0.3, 0.4) is 0 Å². The van der Waals surface area contributed by atoms with Gasteiger partial charge in [0.1, 0.15) is 0 Å². The van der Waals surface area contributed by atoms with Crippen LogP contribution in [0, 0.1) is 0 Å². The molecule has 0 heterocycles. The fraction of sp³-hybridized carbons (Fsp3) is 0.167. The van der Waals surface area contributed by atoms with Crippen LogP contribution in [0.2, 0.25) is 0 Å². The van der Waals surface area contributed by atoms with Gasteiger partial charge in [0.05, 0.1) is 0 Å². The van der Waals surface area contributed by atoms with Crippen molar-refractivity contribution in [2.75, 3.05) is 0 Å². The van der Waals surface area contributed by atoms with Crippen LogP contribution in [0.15, 0.2) is 72.8 Å². The van der Waals surface area contributed by atoms with Crippen molar-refractivity contribution in [3.05, 3.63) is 83.9 Å². The summed E-state index contributed by atoms with van der Waals surface area (Å²) in [5.41, 5.74) is 3.14. The van der Waals surface area contributed by atoms with Gasteiger partial charge in [-0.25, -0.2) is 0 Å². The van der Waals surface area contributed by atoms with E-state index in [0.717, 1.165) is 0 Å². The SMILES string of the molecule is C1=CC2CCC1c1cc3cc4cc5ccccc5cc4cc3cc12. The maximum absolute atomic E-state index is 2.46. The molecule has 4 aromatic carbocycles. The van der Waals surface area contributed by atoms with E-state index in [-0.39, 0.29) is 0 Å². The van der Waals surface area contributed by atoms with Crippen molar-refractivity contribution < 1.29 is 0 Å². The second kappa shape index (κ2) is 4.48. The highest BCUT2D eigenvalue weighted by Gasteiger charge is 2.28. The van der Waals surface area contributed by atoms with Crippen LogP contribution >= 0.6 is 0 Å². The molecule has 0 saturated heterocycles. The van der Waals surface area contributed by atoms with Crippen LogP contribution in [-0.2, 0) is 0 Å². The van der Waals surface area contributed by atoms with E-state index in [1.165, 1.54) is 45.2 Å². The third kappa shape index (κ3) is 1.69. The van der Waals surface area contributed by atoms with E-state index in [1.54, 1.807) is 11.1 Å². The molecule has 2 unspecified atom stereocenters. The smallest absolute Gasteiger partial charge is 0.00216 e. The van der Waals surface area contributed by atoms with E-state index >= 15 is 0 Å². The Morgan fingerprint density at radius 1 is 0.500 bits per heavy atom. The fourth-order valence-electron chi connectivity index (χ4n) is 4.76. The highest BCUT2D eigenvalue weighted by atomic mass is 14.3. The van der Waals surface area contributed by atoms with Crippen molar-refractivity contribution in [1.82, 2.24) is 0 Å². The molecule has 0 saturated carbocycles. The molecule has 0 N–H and O–H groups in total. The second-order valence-corrected chi connectivity index (χ2v) is 7.40. The molecule has 3 aliphatic carbocycles. The van der Waals surface area contributed by atoms with Crippen LogP contribution in [0.4, 0.5) is 0 Å². The molecule has 0 fully saturated rings. The van der Waals surface area contributed by atoms with Crippen molar-refractivity contribution in [2.24, 2.45) is 0 Å². The Balaban J connectivity index is 1.68. The number of hydrogen-bond donors (Lipinski definition) is 0. The van der Waals surface area contributed by atoms with E-state index in [0.29, 0.717) is 11.8 Å². The molecule has 3 aliphatic rings. The summed E-state index contributed by atoms with van der Waals surface area (Å²) < 4.78 is 0. The van der Waals surface area contributed by atoms with Gasteiger partial charge in [0.25, 0.3) is 0 Å². The van der Waals surface area contributed by atoms with Crippen molar-refractivity contribution in [3.63, 3.8) is 0 Å². The molecule has 0 aromatic heterocycles. The lowest BCUT2D eigenvalue weighted by molar-refractivity contribution is 0.554. The Morgan fingerprint density at radius 3 is 1.38 bits per heavy atom. The molecular weight excluding hydrogens is 288 g/mol. The predicted octanol–water partition coefficient (Wildman–Crippen LogP) is 6.68. The highest BCUT2D eigenvalue weighted by molar-refractivity contribution is 6.05. The van der Waals surface area contributed by atoms with Gasteiger partial charge in [-0.2, -0.15) is 0 Å². The number of fused-ring (bicyclic) bond motifs is 4. The summed E-state index contributed by atoms with van der Waals surface area (Å²) in [6, 6.07) is 23.0. The Kier molecular flexibility index (Phi) is 2.38. The summed E-state index contributed by atoms with van der Waals surface area (Å²) in [7, 11) is 0. The van der Waals surface area contributed by atoms with E-state index in [9.17, 15) is 0 Å². The summed E-state index contributed by atoms with van der Waals surface area (Å²) in [6.07, 6.45) is 7.49. The van der Waals surface area contributed by atoms with E-state index in [4.69, 9.17) is 0 Å². The number of rotatable bonds is 0. The molecule has 7 rings (SSSR count). The van der Waals surface area contributed by atoms with Gasteiger partial charge in [-0.15, -0.1) is 0 Å². The first-order valence-corrected chi connectivity index (χ1v) is 8.94. The Morgan fingerprint density at radius 2 is 0.917 bits per heavy atom. The molecule has 2 bridgehead atoms. The minimum atomic E-state index is 0.640. The van der Waals surface area contributed by atoms with Crippen LogP contribution in [-0.4, -0.2) is 0 Å². The zero-order chi connectivity index (χ0) is 15.7. The molecule has 0 amide bonds. The van der Waals surface area contributed by atoms with Crippen LogP contribution in [0.25, 0.3) is 32.3 Å². The first-order chi connectivity index (χ1) is 11.8. The predicted molar refractivity (Wildman–Crippen MR) is 103 cm³/mol. The van der Waals surface area contributed by atoms with Crippen molar-refractivity contribution in [2.45, 2.75) is 24.7 Å². The number of allylic oxidation sites excluding steroid dienone is 2. The molecular formula is C24H18. The second-order valence-electron chi connectivity index (χ2n) is 7.40. The Hall–Kier alpha value is -2.60.